The number of phenols is 1. The fraction of sp³-hybridized carbons (Fsp3) is 0.250. The predicted molar refractivity (Wildman–Crippen MR) is 84.0 cm³/mol. The Kier molecular flexibility index (Phi) is 4.85. The van der Waals surface area contributed by atoms with Crippen LogP contribution >= 0.6 is 0 Å². The Labute approximate surface area is 125 Å². The molecule has 0 aliphatic rings. The Morgan fingerprint density at radius 2 is 1.81 bits per heavy atom. The van der Waals surface area contributed by atoms with Crippen LogP contribution in [0.15, 0.2) is 53.4 Å². The van der Waals surface area contributed by atoms with E-state index in [0.29, 0.717) is 5.69 Å². The summed E-state index contributed by atoms with van der Waals surface area (Å²) in [6.07, 6.45) is 3.16. The molecule has 2 N–H and O–H groups in total. The molecular weight excluding hydrogens is 286 g/mol. The number of sulfonamides is 1. The van der Waals surface area contributed by atoms with Gasteiger partial charge in [0.2, 0.25) is 0 Å². The SMILES string of the molecule is CCCCc1ccc(S(=O)(=O)Nc2cccc(O)c2)cc1. The highest BCUT2D eigenvalue weighted by Gasteiger charge is 2.14. The summed E-state index contributed by atoms with van der Waals surface area (Å²) in [5.74, 6) is 0.0186. The van der Waals surface area contributed by atoms with Crippen molar-refractivity contribution in [3.63, 3.8) is 0 Å². The van der Waals surface area contributed by atoms with Crippen molar-refractivity contribution >= 4 is 15.7 Å². The van der Waals surface area contributed by atoms with Crippen molar-refractivity contribution in [2.45, 2.75) is 31.1 Å². The lowest BCUT2D eigenvalue weighted by Crippen LogP contribution is -2.12. The van der Waals surface area contributed by atoms with Crippen LogP contribution in [0.2, 0.25) is 0 Å². The Balaban J connectivity index is 2.15. The molecule has 0 saturated heterocycles. The molecule has 0 saturated carbocycles. The number of hydrogen-bond donors (Lipinski definition) is 2. The molecule has 0 radical (unpaired) electrons. The Morgan fingerprint density at radius 3 is 2.43 bits per heavy atom. The fourth-order valence-corrected chi connectivity index (χ4v) is 3.05. The minimum absolute atomic E-state index is 0.0186. The molecule has 2 aromatic carbocycles. The minimum atomic E-state index is -3.63. The molecule has 4 nitrogen and oxygen atoms in total. The second-order valence-corrected chi connectivity index (χ2v) is 6.59. The summed E-state index contributed by atoms with van der Waals surface area (Å²) < 4.78 is 26.9. The van der Waals surface area contributed by atoms with Crippen molar-refractivity contribution in [2.75, 3.05) is 4.72 Å². The average molecular weight is 305 g/mol. The standard InChI is InChI=1S/C16H19NO3S/c1-2-3-5-13-8-10-16(11-9-13)21(19,20)17-14-6-4-7-15(18)12-14/h4,6-12,17-18H,2-3,5H2,1H3. The van der Waals surface area contributed by atoms with Gasteiger partial charge in [0.25, 0.3) is 10.0 Å². The van der Waals surface area contributed by atoms with E-state index in [2.05, 4.69) is 11.6 Å². The topological polar surface area (TPSA) is 66.4 Å². The number of rotatable bonds is 6. The first kappa shape index (κ1) is 15.4. The van der Waals surface area contributed by atoms with Gasteiger partial charge in [-0.05, 0) is 42.7 Å². The van der Waals surface area contributed by atoms with E-state index in [1.54, 1.807) is 24.3 Å². The van der Waals surface area contributed by atoms with Gasteiger partial charge in [-0.2, -0.15) is 0 Å². The monoisotopic (exact) mass is 305 g/mol. The fourth-order valence-electron chi connectivity index (χ4n) is 2.00. The van der Waals surface area contributed by atoms with Crippen LogP contribution in [0.4, 0.5) is 5.69 Å². The summed E-state index contributed by atoms with van der Waals surface area (Å²) in [5.41, 5.74) is 1.47. The first-order valence-corrected chi connectivity index (χ1v) is 8.40. The normalized spacial score (nSPS) is 11.3. The van der Waals surface area contributed by atoms with E-state index in [-0.39, 0.29) is 10.6 Å². The molecule has 0 heterocycles. The lowest BCUT2D eigenvalue weighted by molar-refractivity contribution is 0.475. The molecule has 0 amide bonds. The summed E-state index contributed by atoms with van der Waals surface area (Å²) in [6.45, 7) is 2.12. The van der Waals surface area contributed by atoms with Gasteiger partial charge in [0.15, 0.2) is 0 Å². The largest absolute Gasteiger partial charge is 0.508 e. The van der Waals surface area contributed by atoms with Gasteiger partial charge < -0.3 is 5.11 Å². The first-order chi connectivity index (χ1) is 10.0. The van der Waals surface area contributed by atoms with Gasteiger partial charge in [-0.1, -0.05) is 31.5 Å². The summed E-state index contributed by atoms with van der Waals surface area (Å²) in [4.78, 5) is 0.214. The average Bonchev–Trinajstić information content (AvgIpc) is 2.45. The summed E-state index contributed by atoms with van der Waals surface area (Å²) in [6, 6.07) is 12.9. The van der Waals surface area contributed by atoms with Crippen molar-refractivity contribution in [2.24, 2.45) is 0 Å². The molecule has 0 atom stereocenters. The molecule has 0 aliphatic heterocycles. The quantitative estimate of drug-likeness (QED) is 0.858. The second-order valence-electron chi connectivity index (χ2n) is 4.90. The molecule has 21 heavy (non-hydrogen) atoms. The Morgan fingerprint density at radius 1 is 1.10 bits per heavy atom. The molecule has 2 rings (SSSR count). The van der Waals surface area contributed by atoms with Crippen LogP contribution in [0.1, 0.15) is 25.3 Å². The zero-order valence-corrected chi connectivity index (χ0v) is 12.7. The number of aromatic hydroxyl groups is 1. The molecule has 0 bridgehead atoms. The predicted octanol–water partition coefficient (Wildman–Crippen LogP) is 3.54. The smallest absolute Gasteiger partial charge is 0.261 e. The van der Waals surface area contributed by atoms with Gasteiger partial charge >= 0.3 is 0 Å². The number of aryl methyl sites for hydroxylation is 1. The molecule has 0 aliphatic carbocycles. The number of nitrogens with one attached hydrogen (secondary N) is 1. The van der Waals surface area contributed by atoms with Crippen LogP contribution in [0, 0.1) is 0 Å². The van der Waals surface area contributed by atoms with Gasteiger partial charge in [0.05, 0.1) is 10.6 Å². The third-order valence-electron chi connectivity index (χ3n) is 3.15. The number of phenolic OH excluding ortho intramolecular Hbond substituents is 1. The van der Waals surface area contributed by atoms with Crippen LogP contribution in [0.5, 0.6) is 5.75 Å². The van der Waals surface area contributed by atoms with Gasteiger partial charge in [0, 0.05) is 6.07 Å². The van der Waals surface area contributed by atoms with Crippen molar-refractivity contribution in [3.05, 3.63) is 54.1 Å². The summed E-state index contributed by atoms with van der Waals surface area (Å²) in [7, 11) is -3.63. The molecule has 2 aromatic rings. The zero-order chi connectivity index (χ0) is 15.3. The van der Waals surface area contributed by atoms with Crippen molar-refractivity contribution < 1.29 is 13.5 Å². The second kappa shape index (κ2) is 6.63. The lowest BCUT2D eigenvalue weighted by Gasteiger charge is -2.09. The lowest BCUT2D eigenvalue weighted by atomic mass is 10.1. The number of anilines is 1. The molecule has 0 fully saturated rings. The van der Waals surface area contributed by atoms with E-state index in [0.717, 1.165) is 24.8 Å². The maximum absolute atomic E-state index is 12.2. The number of benzene rings is 2. The molecule has 5 heteroatoms. The van der Waals surface area contributed by atoms with Crippen LogP contribution in [-0.4, -0.2) is 13.5 Å². The number of hydrogen-bond acceptors (Lipinski definition) is 3. The first-order valence-electron chi connectivity index (χ1n) is 6.92. The van der Waals surface area contributed by atoms with E-state index >= 15 is 0 Å². The van der Waals surface area contributed by atoms with Gasteiger partial charge in [-0.15, -0.1) is 0 Å². The number of unbranched alkanes of at least 4 members (excludes halogenated alkanes) is 1. The molecule has 0 unspecified atom stereocenters. The Bertz CT molecular complexity index is 694. The van der Waals surface area contributed by atoms with Gasteiger partial charge in [-0.3, -0.25) is 4.72 Å². The zero-order valence-electron chi connectivity index (χ0n) is 11.9. The molecule has 0 spiro atoms. The highest BCUT2D eigenvalue weighted by Crippen LogP contribution is 2.20. The highest BCUT2D eigenvalue weighted by molar-refractivity contribution is 7.92. The van der Waals surface area contributed by atoms with E-state index in [1.807, 2.05) is 12.1 Å². The molecule has 112 valence electrons. The molecule has 0 aromatic heterocycles. The third-order valence-corrected chi connectivity index (χ3v) is 4.55. The van der Waals surface area contributed by atoms with Crippen LogP contribution < -0.4 is 4.72 Å². The van der Waals surface area contributed by atoms with Gasteiger partial charge in [0.1, 0.15) is 5.75 Å². The van der Waals surface area contributed by atoms with E-state index in [1.165, 1.54) is 12.1 Å². The Hall–Kier alpha value is -2.01. The summed E-state index contributed by atoms with van der Waals surface area (Å²) in [5, 5.41) is 9.36. The van der Waals surface area contributed by atoms with Crippen LogP contribution in [0.25, 0.3) is 0 Å². The van der Waals surface area contributed by atoms with Crippen molar-refractivity contribution in [3.8, 4) is 5.75 Å². The third kappa shape index (κ3) is 4.23. The van der Waals surface area contributed by atoms with Crippen molar-refractivity contribution in [1.29, 1.82) is 0 Å². The maximum Gasteiger partial charge on any atom is 0.261 e. The van der Waals surface area contributed by atoms with E-state index < -0.39 is 10.0 Å². The van der Waals surface area contributed by atoms with E-state index in [9.17, 15) is 13.5 Å². The van der Waals surface area contributed by atoms with Crippen molar-refractivity contribution in [1.82, 2.24) is 0 Å². The minimum Gasteiger partial charge on any atom is -0.508 e. The summed E-state index contributed by atoms with van der Waals surface area (Å²) >= 11 is 0. The van der Waals surface area contributed by atoms with E-state index in [4.69, 9.17) is 0 Å². The molecular formula is C16H19NO3S. The van der Waals surface area contributed by atoms with Gasteiger partial charge in [-0.25, -0.2) is 8.42 Å². The van der Waals surface area contributed by atoms with Crippen LogP contribution in [0.3, 0.4) is 0 Å². The maximum atomic E-state index is 12.2. The van der Waals surface area contributed by atoms with Crippen LogP contribution in [-0.2, 0) is 16.4 Å². The highest BCUT2D eigenvalue weighted by atomic mass is 32.2.